The molecule has 2 rings (SSSR count). The van der Waals surface area contributed by atoms with Crippen molar-refractivity contribution in [2.45, 2.75) is 12.7 Å². The number of aliphatic hydroxyl groups excluding tert-OH is 2. The van der Waals surface area contributed by atoms with E-state index in [4.69, 9.17) is 9.84 Å². The number of carbonyl (C=O) groups is 1. The van der Waals surface area contributed by atoms with Crippen LogP contribution in [0.25, 0.3) is 0 Å². The molecule has 116 valence electrons. The summed E-state index contributed by atoms with van der Waals surface area (Å²) in [5.41, 5.74) is 0.968. The minimum Gasteiger partial charge on any atom is -0.445 e. The van der Waals surface area contributed by atoms with E-state index in [1.807, 2.05) is 35.2 Å². The van der Waals surface area contributed by atoms with Crippen LogP contribution in [0.3, 0.4) is 0 Å². The summed E-state index contributed by atoms with van der Waals surface area (Å²) in [6.07, 6.45) is -1.03. The molecule has 0 spiro atoms. The Hall–Kier alpha value is -1.63. The molecule has 1 aliphatic rings. The maximum absolute atomic E-state index is 12.0. The number of hydrogen-bond acceptors (Lipinski definition) is 5. The number of ether oxygens (including phenoxy) is 1. The minimum atomic E-state index is -0.721. The molecule has 1 atom stereocenters. The van der Waals surface area contributed by atoms with E-state index in [-0.39, 0.29) is 19.3 Å². The fraction of sp³-hybridized carbons (Fsp3) is 0.533. The van der Waals surface area contributed by atoms with Crippen molar-refractivity contribution in [2.24, 2.45) is 0 Å². The molecule has 1 aromatic carbocycles. The second-order valence-electron chi connectivity index (χ2n) is 5.16. The molecule has 1 fully saturated rings. The third-order valence-electron chi connectivity index (χ3n) is 3.52. The average molecular weight is 294 g/mol. The van der Waals surface area contributed by atoms with Crippen molar-refractivity contribution in [1.82, 2.24) is 9.80 Å². The van der Waals surface area contributed by atoms with Gasteiger partial charge in [-0.05, 0) is 5.56 Å². The normalized spacial score (nSPS) is 17.5. The van der Waals surface area contributed by atoms with Gasteiger partial charge in [-0.2, -0.15) is 0 Å². The van der Waals surface area contributed by atoms with Crippen LogP contribution in [0.5, 0.6) is 0 Å². The van der Waals surface area contributed by atoms with E-state index in [1.165, 1.54) is 0 Å². The summed E-state index contributed by atoms with van der Waals surface area (Å²) >= 11 is 0. The van der Waals surface area contributed by atoms with Crippen LogP contribution in [0.1, 0.15) is 5.56 Å². The van der Waals surface area contributed by atoms with Gasteiger partial charge in [0.2, 0.25) is 0 Å². The average Bonchev–Trinajstić information content (AvgIpc) is 2.54. The highest BCUT2D eigenvalue weighted by Gasteiger charge is 2.23. The molecule has 0 aliphatic carbocycles. The summed E-state index contributed by atoms with van der Waals surface area (Å²) in [4.78, 5) is 15.7. The molecule has 1 heterocycles. The molecule has 1 aromatic rings. The highest BCUT2D eigenvalue weighted by atomic mass is 16.6. The third kappa shape index (κ3) is 5.00. The zero-order valence-electron chi connectivity index (χ0n) is 12.0. The van der Waals surface area contributed by atoms with Gasteiger partial charge in [0, 0.05) is 32.7 Å². The van der Waals surface area contributed by atoms with Crippen molar-refractivity contribution in [2.75, 3.05) is 39.3 Å². The van der Waals surface area contributed by atoms with Gasteiger partial charge >= 0.3 is 6.09 Å². The van der Waals surface area contributed by atoms with Crippen LogP contribution in [0, 0.1) is 0 Å². The van der Waals surface area contributed by atoms with Crippen LogP contribution >= 0.6 is 0 Å². The molecule has 0 radical (unpaired) electrons. The molecule has 6 heteroatoms. The van der Waals surface area contributed by atoms with Crippen LogP contribution in [-0.2, 0) is 11.3 Å². The van der Waals surface area contributed by atoms with Crippen molar-refractivity contribution in [3.63, 3.8) is 0 Å². The Morgan fingerprint density at radius 2 is 1.86 bits per heavy atom. The minimum absolute atomic E-state index is 0.237. The zero-order chi connectivity index (χ0) is 15.1. The number of carbonyl (C=O) groups excluding carboxylic acids is 1. The van der Waals surface area contributed by atoms with Gasteiger partial charge in [-0.3, -0.25) is 4.90 Å². The molecule has 0 saturated carbocycles. The lowest BCUT2D eigenvalue weighted by molar-refractivity contribution is 0.0336. The Morgan fingerprint density at radius 1 is 1.19 bits per heavy atom. The molecule has 0 bridgehead atoms. The summed E-state index contributed by atoms with van der Waals surface area (Å²) in [6.45, 7) is 2.98. The van der Waals surface area contributed by atoms with Crippen LogP contribution in [-0.4, -0.2) is 71.5 Å². The van der Waals surface area contributed by atoms with E-state index in [2.05, 4.69) is 0 Å². The predicted molar refractivity (Wildman–Crippen MR) is 77.7 cm³/mol. The molecule has 6 nitrogen and oxygen atoms in total. The van der Waals surface area contributed by atoms with E-state index >= 15 is 0 Å². The number of nitrogens with zero attached hydrogens (tertiary/aromatic N) is 2. The summed E-state index contributed by atoms with van der Waals surface area (Å²) < 4.78 is 5.28. The van der Waals surface area contributed by atoms with Gasteiger partial charge in [0.1, 0.15) is 6.61 Å². The molecule has 1 unspecified atom stereocenters. The fourth-order valence-corrected chi connectivity index (χ4v) is 2.28. The van der Waals surface area contributed by atoms with Crippen LogP contribution in [0.15, 0.2) is 30.3 Å². The molecule has 1 saturated heterocycles. The Labute approximate surface area is 124 Å². The molecular weight excluding hydrogens is 272 g/mol. The van der Waals surface area contributed by atoms with Crippen LogP contribution in [0.4, 0.5) is 4.79 Å². The maximum atomic E-state index is 12.0. The number of piperazine rings is 1. The first-order chi connectivity index (χ1) is 10.2. The van der Waals surface area contributed by atoms with E-state index in [1.54, 1.807) is 4.90 Å². The quantitative estimate of drug-likeness (QED) is 0.817. The van der Waals surface area contributed by atoms with Gasteiger partial charge in [0.15, 0.2) is 0 Å². The number of aliphatic hydroxyl groups is 2. The second kappa shape index (κ2) is 7.97. The molecular formula is C15H22N2O4. The molecule has 2 N–H and O–H groups in total. The van der Waals surface area contributed by atoms with Gasteiger partial charge in [-0.25, -0.2) is 4.79 Å². The van der Waals surface area contributed by atoms with Crippen molar-refractivity contribution in [3.8, 4) is 0 Å². The van der Waals surface area contributed by atoms with E-state index in [0.717, 1.165) is 5.56 Å². The lowest BCUT2D eigenvalue weighted by atomic mass is 10.2. The van der Waals surface area contributed by atoms with Crippen molar-refractivity contribution in [3.05, 3.63) is 35.9 Å². The first-order valence-corrected chi connectivity index (χ1v) is 7.16. The Morgan fingerprint density at radius 3 is 2.48 bits per heavy atom. The highest BCUT2D eigenvalue weighted by Crippen LogP contribution is 2.07. The number of rotatable bonds is 5. The topological polar surface area (TPSA) is 73.2 Å². The summed E-state index contributed by atoms with van der Waals surface area (Å²) in [6, 6.07) is 9.58. The summed E-state index contributed by atoms with van der Waals surface area (Å²) in [5, 5.41) is 18.2. The van der Waals surface area contributed by atoms with Gasteiger partial charge < -0.3 is 19.8 Å². The SMILES string of the molecule is O=C(OCc1ccccc1)N1CCN(CC(O)CO)CC1. The lowest BCUT2D eigenvalue weighted by Crippen LogP contribution is -2.50. The predicted octanol–water partition coefficient (Wildman–Crippen LogP) is 0.294. The first-order valence-electron chi connectivity index (χ1n) is 7.16. The number of amides is 1. The monoisotopic (exact) mass is 294 g/mol. The molecule has 1 amide bonds. The number of benzene rings is 1. The van der Waals surface area contributed by atoms with Crippen molar-refractivity contribution in [1.29, 1.82) is 0 Å². The van der Waals surface area contributed by atoms with E-state index in [0.29, 0.717) is 32.7 Å². The van der Waals surface area contributed by atoms with Gasteiger partial charge in [0.05, 0.1) is 12.7 Å². The number of hydrogen-bond donors (Lipinski definition) is 2. The van der Waals surface area contributed by atoms with Gasteiger partial charge in [0.25, 0.3) is 0 Å². The van der Waals surface area contributed by atoms with Crippen molar-refractivity contribution >= 4 is 6.09 Å². The molecule has 0 aromatic heterocycles. The van der Waals surface area contributed by atoms with Gasteiger partial charge in [-0.15, -0.1) is 0 Å². The Bertz CT molecular complexity index is 433. The zero-order valence-corrected chi connectivity index (χ0v) is 12.0. The van der Waals surface area contributed by atoms with E-state index < -0.39 is 6.10 Å². The van der Waals surface area contributed by atoms with E-state index in [9.17, 15) is 9.90 Å². The summed E-state index contributed by atoms with van der Waals surface area (Å²) in [5.74, 6) is 0. The van der Waals surface area contributed by atoms with Crippen LogP contribution in [0.2, 0.25) is 0 Å². The largest absolute Gasteiger partial charge is 0.445 e. The Kier molecular flexibility index (Phi) is 5.98. The van der Waals surface area contributed by atoms with Crippen LogP contribution < -0.4 is 0 Å². The first kappa shape index (κ1) is 15.8. The molecule has 1 aliphatic heterocycles. The van der Waals surface area contributed by atoms with Gasteiger partial charge in [-0.1, -0.05) is 30.3 Å². The standard InChI is InChI=1S/C15H22N2O4/c18-11-14(19)10-16-6-8-17(9-7-16)15(20)21-12-13-4-2-1-3-5-13/h1-5,14,18-19H,6-12H2. The third-order valence-corrected chi connectivity index (χ3v) is 3.52. The lowest BCUT2D eigenvalue weighted by Gasteiger charge is -2.34. The Balaban J connectivity index is 1.70. The maximum Gasteiger partial charge on any atom is 0.410 e. The molecule has 21 heavy (non-hydrogen) atoms. The second-order valence-corrected chi connectivity index (χ2v) is 5.16. The highest BCUT2D eigenvalue weighted by molar-refractivity contribution is 5.67. The summed E-state index contributed by atoms with van der Waals surface area (Å²) in [7, 11) is 0. The number of β-amino-alcohol motifs (C(OH)–C–C–N with tert-alkyl or cyclic N) is 1. The smallest absolute Gasteiger partial charge is 0.410 e. The van der Waals surface area contributed by atoms with Crippen molar-refractivity contribution < 1.29 is 19.7 Å². The fourth-order valence-electron chi connectivity index (χ4n) is 2.28.